The van der Waals surface area contributed by atoms with Crippen molar-refractivity contribution in [3.63, 3.8) is 0 Å². The van der Waals surface area contributed by atoms with Crippen molar-refractivity contribution >= 4 is 17.3 Å². The molecule has 2 nitrogen and oxygen atoms in total. The van der Waals surface area contributed by atoms with Gasteiger partial charge in [-0.3, -0.25) is 0 Å². The monoisotopic (exact) mass is 236 g/mol. The van der Waals surface area contributed by atoms with Crippen LogP contribution in [0.4, 0.5) is 10.1 Å². The van der Waals surface area contributed by atoms with Gasteiger partial charge in [0.1, 0.15) is 5.02 Å². The van der Waals surface area contributed by atoms with Gasteiger partial charge in [-0.1, -0.05) is 41.9 Å². The second kappa shape index (κ2) is 4.94. The second-order valence-electron chi connectivity index (χ2n) is 3.30. The second-order valence-corrected chi connectivity index (χ2v) is 3.68. The lowest BCUT2D eigenvalue weighted by Crippen LogP contribution is -2.01. The summed E-state index contributed by atoms with van der Waals surface area (Å²) < 4.78 is 13.0. The summed E-state index contributed by atoms with van der Waals surface area (Å²) in [7, 11) is 0. The van der Waals surface area contributed by atoms with Gasteiger partial charge in [-0.25, -0.2) is 4.98 Å². The lowest BCUT2D eigenvalue weighted by atomic mass is 10.2. The van der Waals surface area contributed by atoms with Crippen molar-refractivity contribution in [1.29, 1.82) is 0 Å². The molecule has 0 atom stereocenters. The summed E-state index contributed by atoms with van der Waals surface area (Å²) in [5.74, 6) is -0.653. The molecular weight excluding hydrogens is 227 g/mol. The average molecular weight is 237 g/mol. The lowest BCUT2D eigenvalue weighted by molar-refractivity contribution is 0.585. The maximum atomic E-state index is 13.0. The van der Waals surface area contributed by atoms with Crippen LogP contribution in [0.2, 0.25) is 5.02 Å². The van der Waals surface area contributed by atoms with Crippen molar-refractivity contribution in [2.45, 2.75) is 6.54 Å². The molecule has 0 saturated heterocycles. The zero-order chi connectivity index (χ0) is 11.4. The summed E-state index contributed by atoms with van der Waals surface area (Å²) in [6.07, 6.45) is 1.38. The fraction of sp³-hybridized carbons (Fsp3) is 0.0833. The third-order valence-corrected chi connectivity index (χ3v) is 2.53. The number of anilines is 1. The molecule has 0 aliphatic carbocycles. The smallest absolute Gasteiger partial charge is 0.233 e. The number of halogens is 2. The number of rotatable bonds is 3. The predicted octanol–water partition coefficient (Wildman–Crippen LogP) is 3.49. The van der Waals surface area contributed by atoms with Gasteiger partial charge >= 0.3 is 0 Å². The normalized spacial score (nSPS) is 10.1. The third kappa shape index (κ3) is 2.49. The summed E-state index contributed by atoms with van der Waals surface area (Å²) >= 11 is 5.76. The molecule has 0 fully saturated rings. The molecular formula is C12H10ClFN2. The van der Waals surface area contributed by atoms with Crippen LogP contribution in [0.1, 0.15) is 5.56 Å². The van der Waals surface area contributed by atoms with Gasteiger partial charge in [0.25, 0.3) is 0 Å². The Morgan fingerprint density at radius 2 is 1.94 bits per heavy atom. The first-order valence-electron chi connectivity index (χ1n) is 4.85. The quantitative estimate of drug-likeness (QED) is 0.826. The number of nitrogens with zero attached hydrogens (tertiary/aromatic N) is 1. The highest BCUT2D eigenvalue weighted by Gasteiger charge is 2.05. The van der Waals surface area contributed by atoms with E-state index in [9.17, 15) is 4.39 Å². The minimum atomic E-state index is -0.653. The standard InChI is InChI=1S/C12H10ClFN2/c13-11-10(6-7-15-12(11)14)16-8-9-4-2-1-3-5-9/h1-7H,8H2,(H,15,16). The van der Waals surface area contributed by atoms with Gasteiger partial charge in [0.2, 0.25) is 5.95 Å². The topological polar surface area (TPSA) is 24.9 Å². The molecule has 16 heavy (non-hydrogen) atoms. The lowest BCUT2D eigenvalue weighted by Gasteiger charge is -2.08. The minimum absolute atomic E-state index is 0.0263. The fourth-order valence-electron chi connectivity index (χ4n) is 1.35. The van der Waals surface area contributed by atoms with Crippen LogP contribution in [0.3, 0.4) is 0 Å². The number of hydrogen-bond donors (Lipinski definition) is 1. The maximum absolute atomic E-state index is 13.0. The number of nitrogens with one attached hydrogen (secondary N) is 1. The zero-order valence-corrected chi connectivity index (χ0v) is 9.21. The summed E-state index contributed by atoms with van der Waals surface area (Å²) in [5.41, 5.74) is 1.66. The van der Waals surface area contributed by atoms with E-state index in [0.29, 0.717) is 12.2 Å². The van der Waals surface area contributed by atoms with Gasteiger partial charge in [0.05, 0.1) is 5.69 Å². The highest BCUT2D eigenvalue weighted by molar-refractivity contribution is 6.33. The summed E-state index contributed by atoms with van der Waals surface area (Å²) in [4.78, 5) is 3.46. The predicted molar refractivity (Wildman–Crippen MR) is 63.0 cm³/mol. The Morgan fingerprint density at radius 3 is 2.69 bits per heavy atom. The molecule has 0 saturated carbocycles. The molecule has 0 amide bonds. The summed E-state index contributed by atoms with van der Waals surface area (Å²) in [6, 6.07) is 11.5. The van der Waals surface area contributed by atoms with Crippen molar-refractivity contribution in [2.75, 3.05) is 5.32 Å². The van der Waals surface area contributed by atoms with Crippen LogP contribution in [0.5, 0.6) is 0 Å². The highest BCUT2D eigenvalue weighted by Crippen LogP contribution is 2.23. The van der Waals surface area contributed by atoms with E-state index < -0.39 is 5.95 Å². The van der Waals surface area contributed by atoms with Gasteiger partial charge in [0.15, 0.2) is 0 Å². The van der Waals surface area contributed by atoms with E-state index in [2.05, 4.69) is 10.3 Å². The van der Waals surface area contributed by atoms with Crippen LogP contribution in [-0.4, -0.2) is 4.98 Å². The largest absolute Gasteiger partial charge is 0.380 e. The Morgan fingerprint density at radius 1 is 1.19 bits per heavy atom. The number of pyridine rings is 1. The molecule has 0 aliphatic heterocycles. The van der Waals surface area contributed by atoms with E-state index in [4.69, 9.17) is 11.6 Å². The Bertz CT molecular complexity index is 474. The summed E-state index contributed by atoms with van der Waals surface area (Å²) in [5, 5.41) is 3.08. The summed E-state index contributed by atoms with van der Waals surface area (Å²) in [6.45, 7) is 0.601. The Kier molecular flexibility index (Phi) is 3.37. The van der Waals surface area contributed by atoms with E-state index in [-0.39, 0.29) is 5.02 Å². The fourth-order valence-corrected chi connectivity index (χ4v) is 1.53. The van der Waals surface area contributed by atoms with Crippen LogP contribution in [-0.2, 0) is 6.54 Å². The van der Waals surface area contributed by atoms with Gasteiger partial charge in [-0.15, -0.1) is 0 Å². The highest BCUT2D eigenvalue weighted by atomic mass is 35.5. The molecule has 4 heteroatoms. The van der Waals surface area contributed by atoms with E-state index in [1.165, 1.54) is 6.20 Å². The Balaban J connectivity index is 2.08. The molecule has 0 spiro atoms. The van der Waals surface area contributed by atoms with Crippen LogP contribution < -0.4 is 5.32 Å². The van der Waals surface area contributed by atoms with Gasteiger partial charge in [-0.2, -0.15) is 4.39 Å². The molecule has 1 N–H and O–H groups in total. The van der Waals surface area contributed by atoms with E-state index >= 15 is 0 Å². The van der Waals surface area contributed by atoms with Crippen molar-refractivity contribution in [1.82, 2.24) is 4.98 Å². The van der Waals surface area contributed by atoms with Crippen molar-refractivity contribution < 1.29 is 4.39 Å². The van der Waals surface area contributed by atoms with E-state index in [0.717, 1.165) is 5.56 Å². The van der Waals surface area contributed by atoms with E-state index in [1.54, 1.807) is 6.07 Å². The number of aromatic nitrogens is 1. The van der Waals surface area contributed by atoms with Crippen LogP contribution >= 0.6 is 11.6 Å². The van der Waals surface area contributed by atoms with Crippen molar-refractivity contribution in [3.05, 3.63) is 59.1 Å². The van der Waals surface area contributed by atoms with Crippen molar-refractivity contribution in [2.24, 2.45) is 0 Å². The number of hydrogen-bond acceptors (Lipinski definition) is 2. The molecule has 2 rings (SSSR count). The van der Waals surface area contributed by atoms with Gasteiger partial charge in [0, 0.05) is 12.7 Å². The van der Waals surface area contributed by atoms with Crippen molar-refractivity contribution in [3.8, 4) is 0 Å². The van der Waals surface area contributed by atoms with Gasteiger partial charge < -0.3 is 5.32 Å². The molecule has 0 bridgehead atoms. The zero-order valence-electron chi connectivity index (χ0n) is 8.45. The molecule has 1 aromatic heterocycles. The Hall–Kier alpha value is -1.61. The average Bonchev–Trinajstić information content (AvgIpc) is 2.32. The molecule has 0 unspecified atom stereocenters. The number of benzene rings is 1. The van der Waals surface area contributed by atoms with Crippen LogP contribution in [0.15, 0.2) is 42.6 Å². The first-order chi connectivity index (χ1) is 7.77. The molecule has 2 aromatic rings. The SMILES string of the molecule is Fc1nccc(NCc2ccccc2)c1Cl. The third-order valence-electron chi connectivity index (χ3n) is 2.17. The molecule has 82 valence electrons. The maximum Gasteiger partial charge on any atom is 0.233 e. The molecule has 0 aliphatic rings. The van der Waals surface area contributed by atoms with E-state index in [1.807, 2.05) is 30.3 Å². The van der Waals surface area contributed by atoms with Crippen LogP contribution in [0, 0.1) is 5.95 Å². The van der Waals surface area contributed by atoms with Crippen LogP contribution in [0.25, 0.3) is 0 Å². The molecule has 0 radical (unpaired) electrons. The minimum Gasteiger partial charge on any atom is -0.380 e. The first-order valence-corrected chi connectivity index (χ1v) is 5.23. The Labute approximate surface area is 98.1 Å². The van der Waals surface area contributed by atoms with Gasteiger partial charge in [-0.05, 0) is 11.6 Å². The molecule has 1 aromatic carbocycles. The first kappa shape index (κ1) is 10.9. The molecule has 1 heterocycles.